The van der Waals surface area contributed by atoms with Gasteiger partial charge in [0.05, 0.1) is 19.0 Å². The van der Waals surface area contributed by atoms with Gasteiger partial charge in [-0.3, -0.25) is 4.65 Å². The minimum absolute atomic E-state index is 0.179. The highest BCUT2D eigenvalue weighted by molar-refractivity contribution is 5.76. The molecular weight excluding hydrogens is 154 g/mol. The van der Waals surface area contributed by atoms with Crippen LogP contribution < -0.4 is 0 Å². The maximum atomic E-state index is 11.6. The fraction of sp³-hybridized carbons (Fsp3) is 0.889. The number of hydrogen-bond donors (Lipinski definition) is 0. The number of hydrogen-bond acceptors (Lipinski definition) is 2. The molecule has 0 bridgehead atoms. The number of carbonyl (C=O) groups excluding carboxylic acids is 1. The van der Waals surface area contributed by atoms with Gasteiger partial charge in [0, 0.05) is 6.42 Å². The molecule has 0 N–H and O–H groups in total. The number of rotatable bonds is 0. The summed E-state index contributed by atoms with van der Waals surface area (Å²) in [4.78, 5) is 11.6. The average molecular weight is 171 g/mol. The topological polar surface area (TPSA) is 40.1 Å². The van der Waals surface area contributed by atoms with Crippen LogP contribution in [0.5, 0.6) is 0 Å². The molecule has 0 aliphatic carbocycles. The fourth-order valence-electron chi connectivity index (χ4n) is 1.72. The van der Waals surface area contributed by atoms with E-state index >= 15 is 0 Å². The summed E-state index contributed by atoms with van der Waals surface area (Å²) in [5, 5.41) is 11.6. The van der Waals surface area contributed by atoms with Crippen molar-refractivity contribution in [3.8, 4) is 0 Å². The quantitative estimate of drug-likeness (QED) is 0.409. The molecule has 1 heterocycles. The molecule has 1 amide bonds. The van der Waals surface area contributed by atoms with E-state index in [1.807, 2.05) is 20.8 Å². The van der Waals surface area contributed by atoms with Gasteiger partial charge in [-0.2, -0.15) is 0 Å². The van der Waals surface area contributed by atoms with Gasteiger partial charge in [-0.15, -0.1) is 0 Å². The van der Waals surface area contributed by atoms with E-state index in [2.05, 4.69) is 0 Å². The molecule has 3 heteroatoms. The first-order chi connectivity index (χ1) is 5.28. The number of carbonyl (C=O) groups is 1. The van der Waals surface area contributed by atoms with Gasteiger partial charge in [0.25, 0.3) is 0 Å². The van der Waals surface area contributed by atoms with E-state index < -0.39 is 10.1 Å². The van der Waals surface area contributed by atoms with E-state index in [0.29, 0.717) is 12.5 Å². The van der Waals surface area contributed by atoms with Crippen molar-refractivity contribution >= 4 is 5.91 Å². The molecule has 1 fully saturated rings. The maximum absolute atomic E-state index is 11.6. The van der Waals surface area contributed by atoms with Crippen LogP contribution in [-0.4, -0.2) is 24.1 Å². The molecule has 1 aliphatic heterocycles. The predicted octanol–water partition coefficient (Wildman–Crippen LogP) is 1.52. The molecule has 2 atom stereocenters. The van der Waals surface area contributed by atoms with E-state index in [9.17, 15) is 10.0 Å². The molecule has 70 valence electrons. The van der Waals surface area contributed by atoms with Gasteiger partial charge in [-0.1, -0.05) is 6.92 Å². The summed E-state index contributed by atoms with van der Waals surface area (Å²) < 4.78 is -0.697. The number of nitrogens with zero attached hydrogens (tertiary/aromatic N) is 1. The Kier molecular flexibility index (Phi) is 2.05. The molecule has 3 nitrogen and oxygen atoms in total. The first kappa shape index (κ1) is 9.68. The van der Waals surface area contributed by atoms with Crippen LogP contribution in [-0.2, 0) is 4.79 Å². The van der Waals surface area contributed by atoms with Gasteiger partial charge in [-0.25, -0.2) is 4.79 Å². The van der Waals surface area contributed by atoms with E-state index in [1.165, 1.54) is 7.05 Å². The van der Waals surface area contributed by atoms with E-state index in [-0.39, 0.29) is 5.91 Å². The number of amides is 1. The van der Waals surface area contributed by atoms with Crippen LogP contribution in [0.4, 0.5) is 0 Å². The summed E-state index contributed by atoms with van der Waals surface area (Å²) in [6.45, 7) is 6.21. The zero-order valence-electron chi connectivity index (χ0n) is 8.26. The summed E-state index contributed by atoms with van der Waals surface area (Å²) in [5.74, 6) is 0.145. The third-order valence-corrected chi connectivity index (χ3v) is 3.20. The summed E-state index contributed by atoms with van der Waals surface area (Å²) in [7, 11) is 1.45. The van der Waals surface area contributed by atoms with E-state index in [0.717, 1.165) is 6.42 Å². The minimum Gasteiger partial charge on any atom is -0.625 e. The average Bonchev–Trinajstić information content (AvgIpc) is 1.96. The molecular formula is C9H17NO2. The van der Waals surface area contributed by atoms with Crippen LogP contribution in [0.15, 0.2) is 0 Å². The first-order valence-corrected chi connectivity index (χ1v) is 4.40. The third-order valence-electron chi connectivity index (χ3n) is 3.20. The van der Waals surface area contributed by atoms with Gasteiger partial charge in [-0.05, 0) is 19.8 Å². The molecule has 0 spiro atoms. The molecule has 0 saturated carbocycles. The van der Waals surface area contributed by atoms with Gasteiger partial charge < -0.3 is 5.21 Å². The summed E-state index contributed by atoms with van der Waals surface area (Å²) in [5.41, 5.74) is -0.450. The molecule has 1 rings (SSSR count). The number of quaternary nitrogens is 1. The Hall–Kier alpha value is -0.410. The molecule has 0 aromatic heterocycles. The van der Waals surface area contributed by atoms with Crippen LogP contribution in [0, 0.1) is 16.5 Å². The maximum Gasteiger partial charge on any atom is 0.319 e. The Morgan fingerprint density at radius 1 is 1.58 bits per heavy atom. The fourth-order valence-corrected chi connectivity index (χ4v) is 1.72. The van der Waals surface area contributed by atoms with Crippen LogP contribution in [0.3, 0.4) is 0 Å². The molecule has 0 radical (unpaired) electrons. The predicted molar refractivity (Wildman–Crippen MR) is 47.0 cm³/mol. The monoisotopic (exact) mass is 171 g/mol. The standard InChI is InChI=1S/C9H17NO2/c1-7-5-6-10(4,12)8(11)9(7,2)3/h7H,5-6H2,1-4H3. The zero-order chi connectivity index (χ0) is 9.57. The van der Waals surface area contributed by atoms with Crippen molar-refractivity contribution in [1.82, 2.24) is 0 Å². The van der Waals surface area contributed by atoms with Crippen molar-refractivity contribution < 1.29 is 9.44 Å². The van der Waals surface area contributed by atoms with Crippen molar-refractivity contribution in [2.75, 3.05) is 13.6 Å². The Balaban J connectivity index is 2.94. The lowest BCUT2D eigenvalue weighted by Gasteiger charge is -2.47. The first-order valence-electron chi connectivity index (χ1n) is 4.40. The van der Waals surface area contributed by atoms with Crippen molar-refractivity contribution in [3.05, 3.63) is 5.21 Å². The Bertz CT molecular complexity index is 209. The van der Waals surface area contributed by atoms with E-state index in [4.69, 9.17) is 0 Å². The van der Waals surface area contributed by atoms with Crippen molar-refractivity contribution in [2.45, 2.75) is 27.2 Å². The molecule has 12 heavy (non-hydrogen) atoms. The van der Waals surface area contributed by atoms with Gasteiger partial charge in [0.2, 0.25) is 0 Å². The number of hydroxylamine groups is 3. The molecule has 1 saturated heterocycles. The third kappa shape index (κ3) is 1.27. The SMILES string of the molecule is CC1CC[N+](C)([O-])C(=O)C1(C)C. The summed E-state index contributed by atoms with van der Waals surface area (Å²) in [6.07, 6.45) is 0.846. The zero-order valence-corrected chi connectivity index (χ0v) is 8.26. The lowest BCUT2D eigenvalue weighted by molar-refractivity contribution is -0.792. The number of piperidine rings is 1. The molecule has 0 aromatic rings. The Morgan fingerprint density at radius 2 is 2.08 bits per heavy atom. The highest BCUT2D eigenvalue weighted by Crippen LogP contribution is 2.37. The van der Waals surface area contributed by atoms with E-state index in [1.54, 1.807) is 0 Å². The summed E-state index contributed by atoms with van der Waals surface area (Å²) >= 11 is 0. The largest absolute Gasteiger partial charge is 0.625 e. The second-order valence-electron chi connectivity index (χ2n) is 4.54. The number of likely N-dealkylation sites (tertiary alicyclic amines) is 1. The Morgan fingerprint density at radius 3 is 2.50 bits per heavy atom. The normalized spacial score (nSPS) is 41.4. The van der Waals surface area contributed by atoms with Gasteiger partial charge >= 0.3 is 5.91 Å². The minimum atomic E-state index is -0.697. The second kappa shape index (κ2) is 2.54. The lowest BCUT2D eigenvalue weighted by atomic mass is 9.74. The Labute approximate surface area is 73.5 Å². The highest BCUT2D eigenvalue weighted by Gasteiger charge is 2.46. The smallest absolute Gasteiger partial charge is 0.319 e. The van der Waals surface area contributed by atoms with Crippen molar-refractivity contribution in [1.29, 1.82) is 0 Å². The van der Waals surface area contributed by atoms with Crippen LogP contribution >= 0.6 is 0 Å². The molecule has 2 unspecified atom stereocenters. The van der Waals surface area contributed by atoms with Crippen LogP contribution in [0.1, 0.15) is 27.2 Å². The second-order valence-corrected chi connectivity index (χ2v) is 4.54. The van der Waals surface area contributed by atoms with Crippen LogP contribution in [0.2, 0.25) is 0 Å². The van der Waals surface area contributed by atoms with Gasteiger partial charge in [0.1, 0.15) is 0 Å². The highest BCUT2D eigenvalue weighted by atomic mass is 16.6. The lowest BCUT2D eigenvalue weighted by Crippen LogP contribution is -2.57. The van der Waals surface area contributed by atoms with Crippen LogP contribution in [0.25, 0.3) is 0 Å². The molecule has 1 aliphatic rings. The molecule has 0 aromatic carbocycles. The summed E-state index contributed by atoms with van der Waals surface area (Å²) in [6, 6.07) is 0. The van der Waals surface area contributed by atoms with Crippen molar-refractivity contribution in [3.63, 3.8) is 0 Å². The van der Waals surface area contributed by atoms with Gasteiger partial charge in [0.15, 0.2) is 0 Å². The van der Waals surface area contributed by atoms with Crippen molar-refractivity contribution in [2.24, 2.45) is 11.3 Å².